The van der Waals surface area contributed by atoms with Crippen LogP contribution >= 0.6 is 11.3 Å². The molecule has 1 aromatic rings. The van der Waals surface area contributed by atoms with Crippen molar-refractivity contribution < 1.29 is 9.47 Å². The van der Waals surface area contributed by atoms with Crippen molar-refractivity contribution in [2.24, 2.45) is 27.3 Å². The zero-order chi connectivity index (χ0) is 22.9. The van der Waals surface area contributed by atoms with Crippen LogP contribution < -0.4 is 5.84 Å². The Morgan fingerprint density at radius 3 is 2.79 bits per heavy atom. The first-order valence-corrected chi connectivity index (χ1v) is 13.7. The van der Waals surface area contributed by atoms with Gasteiger partial charge in [-0.2, -0.15) is 5.10 Å². The van der Waals surface area contributed by atoms with Gasteiger partial charge >= 0.3 is 0 Å². The minimum absolute atomic E-state index is 0.106. The van der Waals surface area contributed by atoms with E-state index in [9.17, 15) is 0 Å². The monoisotopic (exact) mass is 472 g/mol. The largest absolute Gasteiger partial charge is 0.380 e. The molecule has 182 valence electrons. The van der Waals surface area contributed by atoms with Gasteiger partial charge in [0.15, 0.2) is 0 Å². The lowest BCUT2D eigenvalue weighted by Crippen LogP contribution is -2.51. The maximum absolute atomic E-state index is 6.49. The van der Waals surface area contributed by atoms with Crippen LogP contribution in [0.15, 0.2) is 16.2 Å². The summed E-state index contributed by atoms with van der Waals surface area (Å²) in [6.07, 6.45) is 11.3. The molecule has 2 spiro atoms. The lowest BCUT2D eigenvalue weighted by Gasteiger charge is -2.47. The van der Waals surface area contributed by atoms with Crippen LogP contribution in [0.1, 0.15) is 67.7 Å². The van der Waals surface area contributed by atoms with Gasteiger partial charge in [-0.3, -0.25) is 9.89 Å². The molecule has 4 heterocycles. The van der Waals surface area contributed by atoms with E-state index in [4.69, 9.17) is 20.3 Å². The third-order valence-electron chi connectivity index (χ3n) is 8.58. The topological polar surface area (TPSA) is 72.4 Å². The van der Waals surface area contributed by atoms with Crippen molar-refractivity contribution in [1.29, 1.82) is 0 Å². The maximum Gasteiger partial charge on any atom is 0.0969 e. The van der Waals surface area contributed by atoms with Crippen LogP contribution in [0.3, 0.4) is 0 Å². The molecule has 7 heteroatoms. The number of ether oxygens (including phenoxy) is 2. The summed E-state index contributed by atoms with van der Waals surface area (Å²) in [5.41, 5.74) is 2.76. The number of aryl methyl sites for hydroxylation is 1. The average Bonchev–Trinajstić information content (AvgIpc) is 3.25. The van der Waals surface area contributed by atoms with Crippen LogP contribution in [0.5, 0.6) is 0 Å². The molecular formula is C26H40N4O2S. The fraction of sp³-hybridized carbons (Fsp3) is 0.769. The third-order valence-corrected chi connectivity index (χ3v) is 9.91. The first-order chi connectivity index (χ1) is 16.0. The second-order valence-electron chi connectivity index (χ2n) is 10.8. The molecule has 3 aliphatic heterocycles. The minimum Gasteiger partial charge on any atom is -0.380 e. The van der Waals surface area contributed by atoms with Crippen LogP contribution in [0.2, 0.25) is 0 Å². The molecule has 6 nitrogen and oxygen atoms in total. The summed E-state index contributed by atoms with van der Waals surface area (Å²) in [6, 6.07) is 2.84. The highest BCUT2D eigenvalue weighted by Gasteiger charge is 2.44. The van der Waals surface area contributed by atoms with E-state index in [0.717, 1.165) is 70.8 Å². The number of hydrazone groups is 1. The summed E-state index contributed by atoms with van der Waals surface area (Å²) in [5.74, 6) is 6.46. The SMILES string of the molecule is CCc1cc2c(s1)CCO[C@@]21CCN(C/C(C=NCC2CCC3(CC2)COC3)=N/N)[C@@H](C)C1. The van der Waals surface area contributed by atoms with Gasteiger partial charge in [-0.25, -0.2) is 0 Å². The second-order valence-corrected chi connectivity index (χ2v) is 12.0. The number of nitrogens with zero attached hydrogens (tertiary/aromatic N) is 3. The standard InChI is InChI=1S/C26H40N4O2S/c1-3-22-12-23-24(33-22)6-11-32-26(23)9-10-30(19(2)13-26)16-21(29-27)15-28-14-20-4-7-25(8-5-20)17-31-18-25/h12,15,19-20H,3-11,13-14,16-18,27H2,1-2H3/b28-15?,29-21+/t19-,26+/m0/s1. The lowest BCUT2D eigenvalue weighted by molar-refractivity contribution is -0.135. The van der Waals surface area contributed by atoms with E-state index in [-0.39, 0.29) is 5.60 Å². The van der Waals surface area contributed by atoms with Gasteiger partial charge in [-0.15, -0.1) is 11.3 Å². The van der Waals surface area contributed by atoms with Gasteiger partial charge in [0, 0.05) is 53.5 Å². The van der Waals surface area contributed by atoms with E-state index < -0.39 is 0 Å². The average molecular weight is 473 g/mol. The number of likely N-dealkylation sites (tertiary alicyclic amines) is 1. The van der Waals surface area contributed by atoms with Gasteiger partial charge in [0.2, 0.25) is 0 Å². The Bertz CT molecular complexity index is 883. The first-order valence-electron chi connectivity index (χ1n) is 12.9. The molecule has 1 aromatic heterocycles. The van der Waals surface area contributed by atoms with Gasteiger partial charge in [-0.1, -0.05) is 6.92 Å². The Kier molecular flexibility index (Phi) is 6.94. The van der Waals surface area contributed by atoms with E-state index in [1.54, 1.807) is 4.88 Å². The van der Waals surface area contributed by atoms with Crippen molar-refractivity contribution in [3.63, 3.8) is 0 Å². The number of piperidine rings is 1. The van der Waals surface area contributed by atoms with Crippen LogP contribution in [-0.4, -0.2) is 62.3 Å². The number of hydrogen-bond acceptors (Lipinski definition) is 7. The van der Waals surface area contributed by atoms with Crippen molar-refractivity contribution in [1.82, 2.24) is 4.90 Å². The molecular weight excluding hydrogens is 432 g/mol. The Hall–Kier alpha value is -1.28. The first kappa shape index (κ1) is 23.5. The molecule has 0 amide bonds. The van der Waals surface area contributed by atoms with E-state index in [1.807, 2.05) is 17.6 Å². The van der Waals surface area contributed by atoms with E-state index in [2.05, 4.69) is 29.9 Å². The Labute approximate surface area is 202 Å². The summed E-state index contributed by atoms with van der Waals surface area (Å²) < 4.78 is 11.9. The fourth-order valence-electron chi connectivity index (χ4n) is 6.29. The van der Waals surface area contributed by atoms with Crippen LogP contribution in [0.25, 0.3) is 0 Å². The zero-order valence-corrected chi connectivity index (χ0v) is 21.2. The molecule has 1 aliphatic carbocycles. The lowest BCUT2D eigenvalue weighted by atomic mass is 9.69. The number of thiophene rings is 1. The summed E-state index contributed by atoms with van der Waals surface area (Å²) in [7, 11) is 0. The third kappa shape index (κ3) is 4.79. The van der Waals surface area contributed by atoms with Crippen molar-refractivity contribution in [2.45, 2.75) is 76.9 Å². The Balaban J connectivity index is 1.14. The number of hydrogen-bond donors (Lipinski definition) is 1. The van der Waals surface area contributed by atoms with Gasteiger partial charge in [0.25, 0.3) is 0 Å². The maximum atomic E-state index is 6.49. The molecule has 0 unspecified atom stereocenters. The summed E-state index contributed by atoms with van der Waals surface area (Å²) in [6.45, 7) is 10.0. The van der Waals surface area contributed by atoms with E-state index in [0.29, 0.717) is 17.4 Å². The van der Waals surface area contributed by atoms with Crippen LogP contribution in [0, 0.1) is 11.3 Å². The highest BCUT2D eigenvalue weighted by molar-refractivity contribution is 7.12. The molecule has 2 N–H and O–H groups in total. The molecule has 1 saturated carbocycles. The second kappa shape index (κ2) is 9.76. The number of nitrogens with two attached hydrogens (primary N) is 1. The van der Waals surface area contributed by atoms with Crippen molar-refractivity contribution >= 4 is 23.3 Å². The van der Waals surface area contributed by atoms with Crippen LogP contribution in [-0.2, 0) is 27.9 Å². The molecule has 0 aromatic carbocycles. The Morgan fingerprint density at radius 1 is 1.30 bits per heavy atom. The predicted molar refractivity (Wildman–Crippen MR) is 135 cm³/mol. The highest BCUT2D eigenvalue weighted by atomic mass is 32.1. The van der Waals surface area contributed by atoms with E-state index in [1.165, 1.54) is 36.1 Å². The van der Waals surface area contributed by atoms with Gasteiger partial charge in [-0.05, 0) is 69.4 Å². The van der Waals surface area contributed by atoms with Crippen molar-refractivity contribution in [3.05, 3.63) is 21.4 Å². The zero-order valence-electron chi connectivity index (χ0n) is 20.4. The molecule has 5 rings (SSSR count). The molecule has 0 bridgehead atoms. The number of aliphatic imine (C=N–C) groups is 1. The van der Waals surface area contributed by atoms with Crippen molar-refractivity contribution in [3.8, 4) is 0 Å². The van der Waals surface area contributed by atoms with Crippen molar-refractivity contribution in [2.75, 3.05) is 39.5 Å². The smallest absolute Gasteiger partial charge is 0.0969 e. The Morgan fingerprint density at radius 2 is 2.12 bits per heavy atom. The quantitative estimate of drug-likeness (QED) is 0.383. The van der Waals surface area contributed by atoms with E-state index >= 15 is 0 Å². The van der Waals surface area contributed by atoms with Gasteiger partial charge in [0.1, 0.15) is 0 Å². The normalized spacial score (nSPS) is 30.7. The van der Waals surface area contributed by atoms with Crippen LogP contribution in [0.4, 0.5) is 0 Å². The van der Waals surface area contributed by atoms with Gasteiger partial charge < -0.3 is 15.3 Å². The fourth-order valence-corrected chi connectivity index (χ4v) is 7.47. The molecule has 33 heavy (non-hydrogen) atoms. The molecule has 4 aliphatic rings. The minimum atomic E-state index is -0.106. The number of rotatable bonds is 6. The number of fused-ring (bicyclic) bond motifs is 2. The van der Waals surface area contributed by atoms with Gasteiger partial charge in [0.05, 0.1) is 31.1 Å². The highest BCUT2D eigenvalue weighted by Crippen LogP contribution is 2.46. The molecule has 2 saturated heterocycles. The molecule has 0 radical (unpaired) electrons. The summed E-state index contributed by atoms with van der Waals surface area (Å²) in [5, 5.41) is 4.08. The summed E-state index contributed by atoms with van der Waals surface area (Å²) >= 11 is 1.99. The summed E-state index contributed by atoms with van der Waals surface area (Å²) in [4.78, 5) is 10.3. The molecule has 2 atom stereocenters. The predicted octanol–water partition coefficient (Wildman–Crippen LogP) is 4.16. The molecule has 3 fully saturated rings.